The minimum absolute atomic E-state index is 0.140. The van der Waals surface area contributed by atoms with Gasteiger partial charge in [0.05, 0.1) is 5.56 Å². The maximum absolute atomic E-state index is 14.0. The van der Waals surface area contributed by atoms with Crippen molar-refractivity contribution in [3.05, 3.63) is 70.5 Å². The van der Waals surface area contributed by atoms with E-state index >= 15 is 0 Å². The molecule has 0 spiro atoms. The Labute approximate surface area is 119 Å². The molecule has 0 fully saturated rings. The SMILES string of the molecule is Cc1cccc(C(=O)c2ccc(CC(C)C)cc2)c1F. The molecule has 0 aliphatic heterocycles. The summed E-state index contributed by atoms with van der Waals surface area (Å²) in [5, 5.41) is 0. The van der Waals surface area contributed by atoms with Crippen LogP contribution in [-0.2, 0) is 6.42 Å². The van der Waals surface area contributed by atoms with E-state index in [1.165, 1.54) is 11.6 Å². The van der Waals surface area contributed by atoms with Gasteiger partial charge in [0.1, 0.15) is 5.82 Å². The van der Waals surface area contributed by atoms with Crippen LogP contribution in [0.4, 0.5) is 4.39 Å². The molecule has 0 heterocycles. The standard InChI is InChI=1S/C18H19FO/c1-12(2)11-14-7-9-15(10-8-14)18(20)16-6-4-5-13(3)17(16)19/h4-10,12H,11H2,1-3H3. The van der Waals surface area contributed by atoms with Crippen molar-refractivity contribution in [2.45, 2.75) is 27.2 Å². The summed E-state index contributed by atoms with van der Waals surface area (Å²) in [5.74, 6) is -0.114. The van der Waals surface area contributed by atoms with Gasteiger partial charge in [0.15, 0.2) is 5.78 Å². The first-order chi connectivity index (χ1) is 9.49. The highest BCUT2D eigenvalue weighted by Crippen LogP contribution is 2.17. The molecule has 0 aliphatic carbocycles. The highest BCUT2D eigenvalue weighted by atomic mass is 19.1. The first-order valence-electron chi connectivity index (χ1n) is 6.87. The Morgan fingerprint density at radius 3 is 2.35 bits per heavy atom. The van der Waals surface area contributed by atoms with Gasteiger partial charge in [-0.05, 0) is 36.5 Å². The largest absolute Gasteiger partial charge is 0.288 e. The van der Waals surface area contributed by atoms with E-state index in [0.717, 1.165) is 6.42 Å². The fraction of sp³-hybridized carbons (Fsp3) is 0.278. The van der Waals surface area contributed by atoms with Crippen LogP contribution in [0.15, 0.2) is 42.5 Å². The van der Waals surface area contributed by atoms with Gasteiger partial charge < -0.3 is 0 Å². The zero-order chi connectivity index (χ0) is 14.7. The molecule has 2 heteroatoms. The smallest absolute Gasteiger partial charge is 0.195 e. The lowest BCUT2D eigenvalue weighted by molar-refractivity contribution is 0.103. The second-order valence-corrected chi connectivity index (χ2v) is 5.56. The van der Waals surface area contributed by atoms with Crippen LogP contribution in [0.25, 0.3) is 0 Å². The maximum Gasteiger partial charge on any atom is 0.195 e. The molecule has 0 radical (unpaired) electrons. The second-order valence-electron chi connectivity index (χ2n) is 5.56. The average molecular weight is 270 g/mol. The van der Waals surface area contributed by atoms with Gasteiger partial charge in [-0.15, -0.1) is 0 Å². The van der Waals surface area contributed by atoms with Crippen LogP contribution in [0.5, 0.6) is 0 Å². The van der Waals surface area contributed by atoms with Crippen LogP contribution in [0.1, 0.15) is 40.9 Å². The molecular weight excluding hydrogens is 251 g/mol. The van der Waals surface area contributed by atoms with Crippen LogP contribution >= 0.6 is 0 Å². The Balaban J connectivity index is 2.27. The summed E-state index contributed by atoms with van der Waals surface area (Å²) in [5.41, 5.74) is 2.36. The van der Waals surface area contributed by atoms with E-state index in [9.17, 15) is 9.18 Å². The first-order valence-corrected chi connectivity index (χ1v) is 6.87. The number of halogens is 1. The van der Waals surface area contributed by atoms with Crippen molar-refractivity contribution in [1.29, 1.82) is 0 Å². The highest BCUT2D eigenvalue weighted by Gasteiger charge is 2.15. The Morgan fingerprint density at radius 1 is 1.10 bits per heavy atom. The summed E-state index contributed by atoms with van der Waals surface area (Å²) in [7, 11) is 0. The van der Waals surface area contributed by atoms with E-state index in [1.807, 2.05) is 12.1 Å². The molecule has 0 amide bonds. The number of hydrogen-bond donors (Lipinski definition) is 0. The molecule has 0 N–H and O–H groups in total. The summed E-state index contributed by atoms with van der Waals surface area (Å²) in [6.45, 7) is 5.97. The number of aryl methyl sites for hydroxylation is 1. The molecule has 0 unspecified atom stereocenters. The third-order valence-corrected chi connectivity index (χ3v) is 3.30. The van der Waals surface area contributed by atoms with Crippen LogP contribution < -0.4 is 0 Å². The van der Waals surface area contributed by atoms with E-state index in [1.54, 1.807) is 31.2 Å². The maximum atomic E-state index is 14.0. The zero-order valence-electron chi connectivity index (χ0n) is 12.1. The van der Waals surface area contributed by atoms with Crippen LogP contribution in [0.2, 0.25) is 0 Å². The molecule has 0 saturated carbocycles. The summed E-state index contributed by atoms with van der Waals surface area (Å²) in [6.07, 6.45) is 0.979. The quantitative estimate of drug-likeness (QED) is 0.744. The van der Waals surface area contributed by atoms with Crippen molar-refractivity contribution in [2.24, 2.45) is 5.92 Å². The van der Waals surface area contributed by atoms with Crippen molar-refractivity contribution in [3.63, 3.8) is 0 Å². The van der Waals surface area contributed by atoms with Crippen LogP contribution in [-0.4, -0.2) is 5.78 Å². The Hall–Kier alpha value is -1.96. The average Bonchev–Trinajstić information content (AvgIpc) is 2.41. The van der Waals surface area contributed by atoms with Gasteiger partial charge in [-0.25, -0.2) is 4.39 Å². The van der Waals surface area contributed by atoms with Gasteiger partial charge in [-0.1, -0.05) is 50.2 Å². The fourth-order valence-electron chi connectivity index (χ4n) is 2.24. The lowest BCUT2D eigenvalue weighted by atomic mass is 9.97. The summed E-state index contributed by atoms with van der Waals surface area (Å²) >= 11 is 0. The van der Waals surface area contributed by atoms with Gasteiger partial charge in [-0.3, -0.25) is 4.79 Å². The predicted molar refractivity (Wildman–Crippen MR) is 79.6 cm³/mol. The zero-order valence-corrected chi connectivity index (χ0v) is 12.1. The Morgan fingerprint density at radius 2 is 1.75 bits per heavy atom. The number of benzene rings is 2. The van der Waals surface area contributed by atoms with Gasteiger partial charge in [0.2, 0.25) is 0 Å². The monoisotopic (exact) mass is 270 g/mol. The van der Waals surface area contributed by atoms with E-state index in [2.05, 4.69) is 13.8 Å². The van der Waals surface area contributed by atoms with E-state index in [-0.39, 0.29) is 11.3 Å². The first kappa shape index (κ1) is 14.4. The fourth-order valence-corrected chi connectivity index (χ4v) is 2.24. The molecule has 0 aliphatic rings. The Bertz CT molecular complexity index is 612. The number of ketones is 1. The molecule has 2 aromatic rings. The van der Waals surface area contributed by atoms with Crippen molar-refractivity contribution in [1.82, 2.24) is 0 Å². The third kappa shape index (κ3) is 3.13. The number of carbonyl (C=O) groups excluding carboxylic acids is 1. The van der Waals surface area contributed by atoms with E-state index < -0.39 is 5.82 Å². The van der Waals surface area contributed by atoms with Gasteiger partial charge in [0, 0.05) is 5.56 Å². The van der Waals surface area contributed by atoms with Gasteiger partial charge >= 0.3 is 0 Å². The summed E-state index contributed by atoms with van der Waals surface area (Å²) in [6, 6.07) is 12.4. The van der Waals surface area contributed by atoms with Crippen molar-refractivity contribution in [2.75, 3.05) is 0 Å². The minimum atomic E-state index is -0.427. The van der Waals surface area contributed by atoms with Crippen molar-refractivity contribution < 1.29 is 9.18 Å². The normalized spacial score (nSPS) is 10.8. The highest BCUT2D eigenvalue weighted by molar-refractivity contribution is 6.09. The number of carbonyl (C=O) groups is 1. The topological polar surface area (TPSA) is 17.1 Å². The molecule has 20 heavy (non-hydrogen) atoms. The molecule has 2 rings (SSSR count). The van der Waals surface area contributed by atoms with E-state index in [0.29, 0.717) is 17.0 Å². The lowest BCUT2D eigenvalue weighted by Gasteiger charge is -2.07. The molecule has 0 aromatic heterocycles. The Kier molecular flexibility index (Phi) is 4.33. The predicted octanol–water partition coefficient (Wildman–Crippen LogP) is 4.56. The van der Waals surface area contributed by atoms with Crippen molar-refractivity contribution >= 4 is 5.78 Å². The van der Waals surface area contributed by atoms with Gasteiger partial charge in [0.25, 0.3) is 0 Å². The molecular formula is C18H19FO. The van der Waals surface area contributed by atoms with Crippen molar-refractivity contribution in [3.8, 4) is 0 Å². The second kappa shape index (κ2) is 6.00. The molecule has 2 aromatic carbocycles. The number of hydrogen-bond acceptors (Lipinski definition) is 1. The minimum Gasteiger partial charge on any atom is -0.288 e. The molecule has 0 saturated heterocycles. The molecule has 0 atom stereocenters. The molecule has 104 valence electrons. The number of rotatable bonds is 4. The van der Waals surface area contributed by atoms with Gasteiger partial charge in [-0.2, -0.15) is 0 Å². The van der Waals surface area contributed by atoms with Crippen LogP contribution in [0, 0.1) is 18.7 Å². The van der Waals surface area contributed by atoms with E-state index in [4.69, 9.17) is 0 Å². The summed E-state index contributed by atoms with van der Waals surface area (Å²) in [4.78, 5) is 12.3. The van der Waals surface area contributed by atoms with Crippen LogP contribution in [0.3, 0.4) is 0 Å². The summed E-state index contributed by atoms with van der Waals surface area (Å²) < 4.78 is 14.0. The molecule has 1 nitrogen and oxygen atoms in total. The molecule has 0 bridgehead atoms. The lowest BCUT2D eigenvalue weighted by Crippen LogP contribution is -2.05. The third-order valence-electron chi connectivity index (χ3n) is 3.30.